The zero-order valence-corrected chi connectivity index (χ0v) is 14.7. The molecule has 0 aliphatic rings. The first kappa shape index (κ1) is 15.5. The lowest BCUT2D eigenvalue weighted by molar-refractivity contribution is 0.667. The van der Waals surface area contributed by atoms with Gasteiger partial charge in [0.2, 0.25) is 0 Å². The van der Waals surface area contributed by atoms with Crippen molar-refractivity contribution in [1.82, 2.24) is 0 Å². The van der Waals surface area contributed by atoms with Gasteiger partial charge in [-0.25, -0.2) is 0 Å². The number of unbranched alkanes of at least 4 members (excludes halogenated alkanes) is 3. The molecule has 0 unspecified atom stereocenters. The van der Waals surface area contributed by atoms with Crippen LogP contribution in [0.2, 0.25) is 0 Å². The van der Waals surface area contributed by atoms with Gasteiger partial charge in [0.15, 0.2) is 0 Å². The highest BCUT2D eigenvalue weighted by Crippen LogP contribution is 2.36. The van der Waals surface area contributed by atoms with Gasteiger partial charge < -0.3 is 0 Å². The molecular formula is C20H22S2. The molecule has 0 radical (unpaired) electrons. The molecule has 0 amide bonds. The van der Waals surface area contributed by atoms with E-state index >= 15 is 0 Å². The number of hydrogen-bond donors (Lipinski definition) is 0. The van der Waals surface area contributed by atoms with Crippen LogP contribution in [-0.2, 0) is 6.42 Å². The summed E-state index contributed by atoms with van der Waals surface area (Å²) in [5.74, 6) is 0. The molecule has 3 aromatic rings. The lowest BCUT2D eigenvalue weighted by atomic mass is 10.0. The van der Waals surface area contributed by atoms with Crippen molar-refractivity contribution in [3.8, 4) is 20.2 Å². The first-order valence-electron chi connectivity index (χ1n) is 8.10. The Bertz CT molecular complexity index is 675. The van der Waals surface area contributed by atoms with Gasteiger partial charge in [0.05, 0.1) is 0 Å². The molecule has 2 aromatic heterocycles. The van der Waals surface area contributed by atoms with E-state index in [0.717, 1.165) is 0 Å². The van der Waals surface area contributed by atoms with Crippen LogP contribution in [0, 0.1) is 0 Å². The zero-order valence-electron chi connectivity index (χ0n) is 13.0. The van der Waals surface area contributed by atoms with Crippen LogP contribution in [0.25, 0.3) is 20.2 Å². The van der Waals surface area contributed by atoms with Crippen LogP contribution >= 0.6 is 22.7 Å². The predicted octanol–water partition coefficient (Wildman–Crippen LogP) is 7.27. The van der Waals surface area contributed by atoms with Gasteiger partial charge in [-0.15, -0.1) is 22.7 Å². The molecule has 0 aliphatic carbocycles. The van der Waals surface area contributed by atoms with Gasteiger partial charge in [-0.1, -0.05) is 56.5 Å². The zero-order chi connectivity index (χ0) is 15.2. The van der Waals surface area contributed by atoms with Crippen molar-refractivity contribution >= 4 is 22.7 Å². The van der Waals surface area contributed by atoms with Crippen molar-refractivity contribution in [3.05, 3.63) is 59.5 Å². The average Bonchev–Trinajstić information content (AvgIpc) is 3.23. The third-order valence-corrected chi connectivity index (χ3v) is 6.13. The standard InChI is InChI=1S/C20H22S2/c1-2-3-4-5-7-16-9-11-17(12-10-16)18-13-14-20(22-18)19-8-6-15-21-19/h6,8-15H,2-5,7H2,1H3. The van der Waals surface area contributed by atoms with Crippen LogP contribution in [0.3, 0.4) is 0 Å². The molecule has 0 aliphatic heterocycles. The van der Waals surface area contributed by atoms with E-state index in [-0.39, 0.29) is 0 Å². The Hall–Kier alpha value is -1.38. The number of benzene rings is 1. The number of rotatable bonds is 7. The molecule has 0 spiro atoms. The summed E-state index contributed by atoms with van der Waals surface area (Å²) in [5, 5.41) is 2.14. The molecule has 0 N–H and O–H groups in total. The molecule has 0 atom stereocenters. The summed E-state index contributed by atoms with van der Waals surface area (Å²) in [7, 11) is 0. The van der Waals surface area contributed by atoms with Gasteiger partial charge in [-0.3, -0.25) is 0 Å². The minimum atomic E-state index is 1.21. The summed E-state index contributed by atoms with van der Waals surface area (Å²) in [4.78, 5) is 4.10. The molecular weight excluding hydrogens is 304 g/mol. The van der Waals surface area contributed by atoms with Gasteiger partial charge >= 0.3 is 0 Å². The van der Waals surface area contributed by atoms with Crippen LogP contribution in [-0.4, -0.2) is 0 Å². The highest BCUT2D eigenvalue weighted by atomic mass is 32.1. The summed E-state index contributed by atoms with van der Waals surface area (Å²) in [5.41, 5.74) is 2.81. The first-order chi connectivity index (χ1) is 10.9. The number of aryl methyl sites for hydroxylation is 1. The Morgan fingerprint density at radius 2 is 1.59 bits per heavy atom. The average molecular weight is 327 g/mol. The number of thiophene rings is 2. The van der Waals surface area contributed by atoms with Gasteiger partial charge in [0.25, 0.3) is 0 Å². The summed E-state index contributed by atoms with van der Waals surface area (Å²) in [6.45, 7) is 2.26. The van der Waals surface area contributed by atoms with Gasteiger partial charge in [0, 0.05) is 14.6 Å². The Kier molecular flexibility index (Phi) is 5.47. The quantitative estimate of drug-likeness (QED) is 0.401. The molecule has 0 bridgehead atoms. The second kappa shape index (κ2) is 7.75. The lowest BCUT2D eigenvalue weighted by Gasteiger charge is -2.03. The van der Waals surface area contributed by atoms with E-state index in [4.69, 9.17) is 0 Å². The van der Waals surface area contributed by atoms with Crippen LogP contribution in [0.15, 0.2) is 53.9 Å². The SMILES string of the molecule is CCCCCCc1ccc(-c2ccc(-c3cccs3)s2)cc1. The lowest BCUT2D eigenvalue weighted by Crippen LogP contribution is -1.85. The second-order valence-corrected chi connectivity index (χ2v) is 7.68. The summed E-state index contributed by atoms with van der Waals surface area (Å²) in [6, 6.07) is 17.9. The molecule has 0 nitrogen and oxygen atoms in total. The van der Waals surface area contributed by atoms with E-state index in [1.807, 2.05) is 22.7 Å². The Morgan fingerprint density at radius 1 is 0.773 bits per heavy atom. The van der Waals surface area contributed by atoms with Crippen molar-refractivity contribution in [1.29, 1.82) is 0 Å². The Balaban J connectivity index is 1.65. The molecule has 2 heterocycles. The normalized spacial score (nSPS) is 11.0. The second-order valence-electron chi connectivity index (χ2n) is 5.65. The van der Waals surface area contributed by atoms with Crippen molar-refractivity contribution in [3.63, 3.8) is 0 Å². The minimum absolute atomic E-state index is 1.21. The van der Waals surface area contributed by atoms with E-state index in [0.29, 0.717) is 0 Å². The van der Waals surface area contributed by atoms with Crippen LogP contribution in [0.4, 0.5) is 0 Å². The Morgan fingerprint density at radius 3 is 2.32 bits per heavy atom. The minimum Gasteiger partial charge on any atom is -0.143 e. The maximum Gasteiger partial charge on any atom is 0.0449 e. The third kappa shape index (κ3) is 3.88. The fourth-order valence-electron chi connectivity index (χ4n) is 2.64. The smallest absolute Gasteiger partial charge is 0.0449 e. The van der Waals surface area contributed by atoms with Crippen molar-refractivity contribution in [2.75, 3.05) is 0 Å². The topological polar surface area (TPSA) is 0 Å². The summed E-state index contributed by atoms with van der Waals surface area (Å²) in [6.07, 6.45) is 6.55. The third-order valence-electron chi connectivity index (χ3n) is 3.93. The summed E-state index contributed by atoms with van der Waals surface area (Å²) >= 11 is 3.69. The molecule has 22 heavy (non-hydrogen) atoms. The molecule has 0 saturated heterocycles. The van der Waals surface area contributed by atoms with Crippen LogP contribution in [0.1, 0.15) is 38.2 Å². The maximum atomic E-state index is 2.30. The maximum absolute atomic E-state index is 2.30. The molecule has 0 fully saturated rings. The van der Waals surface area contributed by atoms with E-state index in [1.54, 1.807) is 0 Å². The monoisotopic (exact) mass is 326 g/mol. The van der Waals surface area contributed by atoms with Gasteiger partial charge in [-0.2, -0.15) is 0 Å². The van der Waals surface area contributed by atoms with Crippen LogP contribution in [0.5, 0.6) is 0 Å². The van der Waals surface area contributed by atoms with E-state index in [2.05, 4.69) is 60.8 Å². The van der Waals surface area contributed by atoms with Crippen molar-refractivity contribution < 1.29 is 0 Å². The molecule has 114 valence electrons. The largest absolute Gasteiger partial charge is 0.143 e. The van der Waals surface area contributed by atoms with Gasteiger partial charge in [-0.05, 0) is 47.5 Å². The Labute approximate surface area is 141 Å². The fraction of sp³-hybridized carbons (Fsp3) is 0.300. The predicted molar refractivity (Wildman–Crippen MR) is 101 cm³/mol. The number of hydrogen-bond acceptors (Lipinski definition) is 2. The van der Waals surface area contributed by atoms with E-state index in [9.17, 15) is 0 Å². The highest BCUT2D eigenvalue weighted by molar-refractivity contribution is 7.23. The van der Waals surface area contributed by atoms with Gasteiger partial charge in [0.1, 0.15) is 0 Å². The van der Waals surface area contributed by atoms with E-state index < -0.39 is 0 Å². The van der Waals surface area contributed by atoms with Crippen molar-refractivity contribution in [2.45, 2.75) is 39.0 Å². The highest BCUT2D eigenvalue weighted by Gasteiger charge is 2.05. The van der Waals surface area contributed by atoms with Crippen LogP contribution < -0.4 is 0 Å². The summed E-state index contributed by atoms with van der Waals surface area (Å²) < 4.78 is 0. The fourth-order valence-corrected chi connectivity index (χ4v) is 4.48. The van der Waals surface area contributed by atoms with E-state index in [1.165, 1.54) is 57.9 Å². The molecule has 2 heteroatoms. The first-order valence-corrected chi connectivity index (χ1v) is 9.79. The van der Waals surface area contributed by atoms with Crippen molar-refractivity contribution in [2.24, 2.45) is 0 Å². The molecule has 1 aromatic carbocycles. The molecule has 0 saturated carbocycles. The molecule has 3 rings (SSSR count).